The summed E-state index contributed by atoms with van der Waals surface area (Å²) in [6.45, 7) is 3.94. The van der Waals surface area contributed by atoms with Gasteiger partial charge in [-0.05, 0) is 31.6 Å². The molecule has 0 aromatic heterocycles. The molecule has 0 amide bonds. The molecular weight excluding hydrogens is 226 g/mol. The second-order valence-electron chi connectivity index (χ2n) is 5.02. The number of nitrogens with one attached hydrogen (secondary N) is 1. The van der Waals surface area contributed by atoms with Crippen LogP contribution in [0.5, 0.6) is 0 Å². The van der Waals surface area contributed by atoms with Gasteiger partial charge in [-0.1, -0.05) is 19.8 Å². The molecule has 0 saturated heterocycles. The summed E-state index contributed by atoms with van der Waals surface area (Å²) >= 11 is 0. The van der Waals surface area contributed by atoms with Crippen LogP contribution in [-0.4, -0.2) is 31.9 Å². The Morgan fingerprint density at radius 1 is 1.44 bits per heavy atom. The van der Waals surface area contributed by atoms with Crippen molar-refractivity contribution in [2.45, 2.75) is 44.8 Å². The van der Waals surface area contributed by atoms with E-state index in [1.54, 1.807) is 0 Å². The van der Waals surface area contributed by atoms with Gasteiger partial charge >= 0.3 is 0 Å². The first-order valence-corrected chi connectivity index (χ1v) is 7.59. The van der Waals surface area contributed by atoms with Gasteiger partial charge in [-0.25, -0.2) is 13.1 Å². The smallest absolute Gasteiger partial charge is 0.216 e. The van der Waals surface area contributed by atoms with Gasteiger partial charge in [0.05, 0.1) is 11.9 Å². The van der Waals surface area contributed by atoms with Gasteiger partial charge in [0.1, 0.15) is 0 Å². The normalized spacial score (nSPS) is 28.9. The summed E-state index contributed by atoms with van der Waals surface area (Å²) in [7, 11) is -3.33. The summed E-state index contributed by atoms with van der Waals surface area (Å²) in [5, 5.41) is 8.12. The molecule has 96 valence electrons. The molecule has 3 unspecified atom stereocenters. The van der Waals surface area contributed by atoms with E-state index in [0.717, 1.165) is 12.8 Å². The first-order valence-electron chi connectivity index (χ1n) is 6.05. The molecule has 0 aliphatic heterocycles. The molecular formula is C11H23NO3S. The molecule has 1 aliphatic rings. The van der Waals surface area contributed by atoms with Crippen molar-refractivity contribution in [1.82, 2.24) is 4.72 Å². The highest BCUT2D eigenvalue weighted by atomic mass is 32.2. The zero-order chi connectivity index (χ0) is 12.2. The molecule has 1 fully saturated rings. The lowest BCUT2D eigenvalue weighted by Gasteiger charge is -2.27. The predicted molar refractivity (Wildman–Crippen MR) is 64.6 cm³/mol. The number of hydrogen-bond acceptors (Lipinski definition) is 3. The Morgan fingerprint density at radius 2 is 2.12 bits per heavy atom. The molecule has 0 radical (unpaired) electrons. The van der Waals surface area contributed by atoms with Crippen molar-refractivity contribution in [2.75, 3.05) is 13.2 Å². The maximum atomic E-state index is 11.6. The molecule has 16 heavy (non-hydrogen) atoms. The minimum absolute atomic E-state index is 0.323. The Kier molecular flexibility index (Phi) is 5.21. The van der Waals surface area contributed by atoms with E-state index in [-0.39, 0.29) is 6.61 Å². The minimum Gasteiger partial charge on any atom is -0.395 e. The third-order valence-electron chi connectivity index (χ3n) is 3.41. The zero-order valence-electron chi connectivity index (χ0n) is 10.1. The monoisotopic (exact) mass is 249 g/mol. The molecule has 5 heteroatoms. The fraction of sp³-hybridized carbons (Fsp3) is 1.00. The summed E-state index contributed by atoms with van der Waals surface area (Å²) in [6, 6.07) is 0. The molecule has 1 aliphatic carbocycles. The molecule has 0 bridgehead atoms. The van der Waals surface area contributed by atoms with E-state index >= 15 is 0 Å². The maximum Gasteiger partial charge on any atom is 0.216 e. The third-order valence-corrected chi connectivity index (χ3v) is 5.18. The van der Waals surface area contributed by atoms with Crippen molar-refractivity contribution in [1.29, 1.82) is 0 Å². The minimum atomic E-state index is -3.33. The molecule has 0 aromatic rings. The van der Waals surface area contributed by atoms with E-state index in [0.29, 0.717) is 18.4 Å². The van der Waals surface area contributed by atoms with Crippen LogP contribution >= 0.6 is 0 Å². The largest absolute Gasteiger partial charge is 0.395 e. The fourth-order valence-electron chi connectivity index (χ4n) is 2.22. The quantitative estimate of drug-likeness (QED) is 0.767. The topological polar surface area (TPSA) is 66.4 Å². The zero-order valence-corrected chi connectivity index (χ0v) is 11.0. The Labute approximate surface area is 98.5 Å². The van der Waals surface area contributed by atoms with Crippen LogP contribution < -0.4 is 4.72 Å². The number of aliphatic hydroxyl groups excluding tert-OH is 1. The first-order chi connectivity index (χ1) is 7.45. The average Bonchev–Trinajstić information content (AvgIpc) is 2.25. The first kappa shape index (κ1) is 13.9. The highest BCUT2D eigenvalue weighted by Crippen LogP contribution is 2.28. The Morgan fingerprint density at radius 3 is 2.69 bits per heavy atom. The van der Waals surface area contributed by atoms with E-state index in [1.807, 2.05) is 0 Å². The Balaban J connectivity index is 2.39. The van der Waals surface area contributed by atoms with Gasteiger partial charge in [0.25, 0.3) is 0 Å². The van der Waals surface area contributed by atoms with Crippen LogP contribution in [0, 0.1) is 11.8 Å². The van der Waals surface area contributed by atoms with Crippen molar-refractivity contribution >= 4 is 10.0 Å². The van der Waals surface area contributed by atoms with E-state index in [9.17, 15) is 8.42 Å². The molecule has 0 aromatic carbocycles. The van der Waals surface area contributed by atoms with Crippen LogP contribution in [0.4, 0.5) is 0 Å². The van der Waals surface area contributed by atoms with E-state index in [2.05, 4.69) is 11.6 Å². The second kappa shape index (κ2) is 5.98. The second-order valence-corrected chi connectivity index (χ2v) is 7.21. The molecule has 1 saturated carbocycles. The molecule has 2 N–H and O–H groups in total. The molecule has 0 spiro atoms. The van der Waals surface area contributed by atoms with Crippen LogP contribution in [0.1, 0.15) is 39.5 Å². The van der Waals surface area contributed by atoms with Crippen molar-refractivity contribution in [2.24, 2.45) is 11.8 Å². The van der Waals surface area contributed by atoms with E-state index < -0.39 is 15.3 Å². The van der Waals surface area contributed by atoms with Crippen molar-refractivity contribution in [3.63, 3.8) is 0 Å². The third kappa shape index (κ3) is 4.03. The predicted octanol–water partition coefficient (Wildman–Crippen LogP) is 1.11. The van der Waals surface area contributed by atoms with Gasteiger partial charge in [0.15, 0.2) is 0 Å². The standard InChI is InChI=1S/C11H23NO3S/c1-9-4-3-5-11(6-9)7-12-16(14,15)10(2)8-13/h9-13H,3-8H2,1-2H3. The van der Waals surface area contributed by atoms with E-state index in [4.69, 9.17) is 5.11 Å². The summed E-state index contributed by atoms with van der Waals surface area (Å²) in [5.41, 5.74) is 0. The number of aliphatic hydroxyl groups is 1. The number of hydrogen-bond donors (Lipinski definition) is 2. The van der Waals surface area contributed by atoms with Gasteiger partial charge in [0, 0.05) is 6.54 Å². The summed E-state index contributed by atoms with van der Waals surface area (Å²) in [4.78, 5) is 0. The molecule has 4 nitrogen and oxygen atoms in total. The van der Waals surface area contributed by atoms with Gasteiger partial charge < -0.3 is 5.11 Å². The average molecular weight is 249 g/mol. The SMILES string of the molecule is CC1CCCC(CNS(=O)(=O)C(C)CO)C1. The highest BCUT2D eigenvalue weighted by molar-refractivity contribution is 7.90. The van der Waals surface area contributed by atoms with Gasteiger partial charge in [-0.2, -0.15) is 0 Å². The van der Waals surface area contributed by atoms with Crippen molar-refractivity contribution < 1.29 is 13.5 Å². The summed E-state index contributed by atoms with van der Waals surface area (Å²) < 4.78 is 25.8. The number of sulfonamides is 1. The fourth-order valence-corrected chi connectivity index (χ4v) is 3.17. The van der Waals surface area contributed by atoms with Crippen LogP contribution in [0.2, 0.25) is 0 Å². The van der Waals surface area contributed by atoms with Crippen LogP contribution in [0.3, 0.4) is 0 Å². The van der Waals surface area contributed by atoms with Crippen LogP contribution in [0.25, 0.3) is 0 Å². The molecule has 0 heterocycles. The number of rotatable bonds is 5. The molecule has 3 atom stereocenters. The lowest BCUT2D eigenvalue weighted by atomic mass is 9.83. The van der Waals surface area contributed by atoms with Crippen molar-refractivity contribution in [3.8, 4) is 0 Å². The van der Waals surface area contributed by atoms with Crippen molar-refractivity contribution in [3.05, 3.63) is 0 Å². The highest BCUT2D eigenvalue weighted by Gasteiger charge is 2.23. The lowest BCUT2D eigenvalue weighted by Crippen LogP contribution is -2.38. The summed E-state index contributed by atoms with van der Waals surface area (Å²) in [6.07, 6.45) is 4.68. The van der Waals surface area contributed by atoms with E-state index in [1.165, 1.54) is 19.8 Å². The molecule has 1 rings (SSSR count). The maximum absolute atomic E-state index is 11.6. The lowest BCUT2D eigenvalue weighted by molar-refractivity contribution is 0.280. The van der Waals surface area contributed by atoms with Gasteiger partial charge in [0.2, 0.25) is 10.0 Å². The Bertz CT molecular complexity index is 302. The van der Waals surface area contributed by atoms with Gasteiger partial charge in [-0.15, -0.1) is 0 Å². The summed E-state index contributed by atoms with van der Waals surface area (Å²) in [5.74, 6) is 1.17. The van der Waals surface area contributed by atoms with Crippen LogP contribution in [-0.2, 0) is 10.0 Å². The Hall–Kier alpha value is -0.130. The van der Waals surface area contributed by atoms with Crippen LogP contribution in [0.15, 0.2) is 0 Å². The van der Waals surface area contributed by atoms with Gasteiger partial charge in [-0.3, -0.25) is 0 Å².